The Hall–Kier alpha value is 0.830. The fourth-order valence-electron chi connectivity index (χ4n) is 1.00. The Morgan fingerprint density at radius 2 is 1.91 bits per heavy atom. The summed E-state index contributed by atoms with van der Waals surface area (Å²) in [5.74, 6) is 2.10. The van der Waals surface area contributed by atoms with Crippen molar-refractivity contribution in [1.82, 2.24) is 0 Å². The van der Waals surface area contributed by atoms with Crippen LogP contribution in [0.4, 0.5) is 0 Å². The van der Waals surface area contributed by atoms with E-state index < -0.39 is 0 Å². The predicted octanol–water partition coefficient (Wildman–Crippen LogP) is 3.80. The molecule has 1 atom stereocenters. The van der Waals surface area contributed by atoms with E-state index in [1.54, 1.807) is 0 Å². The first-order valence-corrected chi connectivity index (χ1v) is 6.58. The molecule has 0 fully saturated rings. The molecule has 0 rings (SSSR count). The highest BCUT2D eigenvalue weighted by Gasteiger charge is 2.22. The lowest BCUT2D eigenvalue weighted by molar-refractivity contribution is 0.263. The second-order valence-electron chi connectivity index (χ2n) is 4.00. The van der Waals surface area contributed by atoms with Gasteiger partial charge < -0.3 is 0 Å². The molecule has 0 radical (unpaired) electrons. The zero-order valence-electron chi connectivity index (χ0n) is 7.98. The Kier molecular flexibility index (Phi) is 5.88. The van der Waals surface area contributed by atoms with Crippen LogP contribution in [0, 0.1) is 11.3 Å². The van der Waals surface area contributed by atoms with Crippen LogP contribution in [0.15, 0.2) is 0 Å². The van der Waals surface area contributed by atoms with Crippen LogP contribution >= 0.6 is 27.7 Å². The maximum atomic E-state index is 3.57. The van der Waals surface area contributed by atoms with E-state index in [4.69, 9.17) is 0 Å². The van der Waals surface area contributed by atoms with Gasteiger partial charge in [-0.1, -0.05) is 36.7 Å². The molecule has 0 aromatic carbocycles. The predicted molar refractivity (Wildman–Crippen MR) is 59.7 cm³/mol. The van der Waals surface area contributed by atoms with E-state index in [1.807, 2.05) is 11.8 Å². The van der Waals surface area contributed by atoms with E-state index in [0.717, 1.165) is 11.2 Å². The zero-order chi connectivity index (χ0) is 8.91. The zero-order valence-corrected chi connectivity index (χ0v) is 10.4. The molecule has 0 N–H and O–H groups in total. The van der Waals surface area contributed by atoms with E-state index in [-0.39, 0.29) is 0 Å². The molecule has 0 nitrogen and oxygen atoms in total. The quantitative estimate of drug-likeness (QED) is 0.672. The molecule has 0 aliphatic carbocycles. The van der Waals surface area contributed by atoms with Crippen LogP contribution in [0.1, 0.15) is 27.2 Å². The lowest BCUT2D eigenvalue weighted by atomic mass is 9.80. The SMILES string of the molecule is CSCCC(CBr)C(C)(C)C. The first-order chi connectivity index (χ1) is 5.02. The Morgan fingerprint density at radius 1 is 1.36 bits per heavy atom. The topological polar surface area (TPSA) is 0 Å². The van der Waals surface area contributed by atoms with Crippen LogP contribution in [0.5, 0.6) is 0 Å². The van der Waals surface area contributed by atoms with Crippen LogP contribution in [0.3, 0.4) is 0 Å². The van der Waals surface area contributed by atoms with Crippen molar-refractivity contribution in [2.24, 2.45) is 11.3 Å². The van der Waals surface area contributed by atoms with E-state index in [1.165, 1.54) is 12.2 Å². The third kappa shape index (κ3) is 5.13. The van der Waals surface area contributed by atoms with Gasteiger partial charge in [-0.05, 0) is 29.8 Å². The molecule has 0 amide bonds. The van der Waals surface area contributed by atoms with Crippen molar-refractivity contribution in [2.45, 2.75) is 27.2 Å². The van der Waals surface area contributed by atoms with Gasteiger partial charge in [0.2, 0.25) is 0 Å². The minimum Gasteiger partial charge on any atom is -0.165 e. The summed E-state index contributed by atoms with van der Waals surface area (Å²) < 4.78 is 0. The lowest BCUT2D eigenvalue weighted by Crippen LogP contribution is -2.22. The summed E-state index contributed by atoms with van der Waals surface area (Å²) in [6, 6.07) is 0. The molecule has 0 aromatic rings. The molecule has 1 unspecified atom stereocenters. The van der Waals surface area contributed by atoms with Crippen molar-refractivity contribution in [1.29, 1.82) is 0 Å². The second-order valence-corrected chi connectivity index (χ2v) is 5.63. The molecular formula is C9H19BrS. The molecule has 0 aromatic heterocycles. The summed E-state index contributed by atoms with van der Waals surface area (Å²) in [4.78, 5) is 0. The first kappa shape index (κ1) is 11.8. The minimum absolute atomic E-state index is 0.458. The molecule has 68 valence electrons. The van der Waals surface area contributed by atoms with Crippen molar-refractivity contribution in [3.05, 3.63) is 0 Å². The van der Waals surface area contributed by atoms with Crippen molar-refractivity contribution in [3.63, 3.8) is 0 Å². The normalized spacial score (nSPS) is 15.0. The minimum atomic E-state index is 0.458. The van der Waals surface area contributed by atoms with Gasteiger partial charge in [0, 0.05) is 5.33 Å². The van der Waals surface area contributed by atoms with Gasteiger partial charge in [0.15, 0.2) is 0 Å². The molecule has 0 bridgehead atoms. The molecule has 11 heavy (non-hydrogen) atoms. The van der Waals surface area contributed by atoms with Crippen LogP contribution in [-0.4, -0.2) is 17.3 Å². The summed E-state index contributed by atoms with van der Waals surface area (Å²) in [5, 5.41) is 1.14. The summed E-state index contributed by atoms with van der Waals surface area (Å²) in [6.45, 7) is 6.96. The molecule has 0 heterocycles. The van der Waals surface area contributed by atoms with Crippen LogP contribution in [-0.2, 0) is 0 Å². The van der Waals surface area contributed by atoms with Gasteiger partial charge in [0.05, 0.1) is 0 Å². The summed E-state index contributed by atoms with van der Waals surface area (Å²) in [7, 11) is 0. The van der Waals surface area contributed by atoms with Gasteiger partial charge in [0.1, 0.15) is 0 Å². The monoisotopic (exact) mass is 238 g/mol. The molecule has 0 aliphatic heterocycles. The highest BCUT2D eigenvalue weighted by molar-refractivity contribution is 9.09. The smallest absolute Gasteiger partial charge is 0.00649 e. The van der Waals surface area contributed by atoms with Gasteiger partial charge in [-0.2, -0.15) is 11.8 Å². The van der Waals surface area contributed by atoms with Gasteiger partial charge in [-0.3, -0.25) is 0 Å². The summed E-state index contributed by atoms with van der Waals surface area (Å²) >= 11 is 5.51. The average molecular weight is 239 g/mol. The fourth-order valence-corrected chi connectivity index (χ4v) is 2.82. The number of alkyl halides is 1. The van der Waals surface area contributed by atoms with Crippen molar-refractivity contribution >= 4 is 27.7 Å². The van der Waals surface area contributed by atoms with Crippen molar-refractivity contribution in [2.75, 3.05) is 17.3 Å². The Morgan fingerprint density at radius 3 is 2.18 bits per heavy atom. The summed E-state index contributed by atoms with van der Waals surface area (Å²) in [6.07, 6.45) is 3.50. The lowest BCUT2D eigenvalue weighted by Gasteiger charge is -2.28. The van der Waals surface area contributed by atoms with Gasteiger partial charge in [-0.25, -0.2) is 0 Å². The number of halogens is 1. The molecular weight excluding hydrogens is 220 g/mol. The summed E-state index contributed by atoms with van der Waals surface area (Å²) in [5.41, 5.74) is 0.458. The van der Waals surface area contributed by atoms with Gasteiger partial charge in [-0.15, -0.1) is 0 Å². The van der Waals surface area contributed by atoms with Crippen LogP contribution in [0.25, 0.3) is 0 Å². The Labute approximate surface area is 83.6 Å². The maximum absolute atomic E-state index is 3.57. The number of thioether (sulfide) groups is 1. The molecule has 0 aliphatic rings. The third-order valence-electron chi connectivity index (χ3n) is 2.08. The van der Waals surface area contributed by atoms with Crippen molar-refractivity contribution < 1.29 is 0 Å². The molecule has 0 saturated heterocycles. The highest BCUT2D eigenvalue weighted by atomic mass is 79.9. The van der Waals surface area contributed by atoms with Gasteiger partial charge in [0.25, 0.3) is 0 Å². The molecule has 0 saturated carbocycles. The largest absolute Gasteiger partial charge is 0.165 e. The Balaban J connectivity index is 3.76. The standard InChI is InChI=1S/C9H19BrS/c1-9(2,3)8(7-10)5-6-11-4/h8H,5-7H2,1-4H3. The van der Waals surface area contributed by atoms with Crippen LogP contribution in [0.2, 0.25) is 0 Å². The third-order valence-corrected chi connectivity index (χ3v) is 3.51. The number of rotatable bonds is 4. The number of hydrogen-bond donors (Lipinski definition) is 0. The maximum Gasteiger partial charge on any atom is 0.00649 e. The second kappa shape index (κ2) is 5.47. The van der Waals surface area contributed by atoms with E-state index in [9.17, 15) is 0 Å². The Bertz CT molecular complexity index is 96.2. The van der Waals surface area contributed by atoms with Crippen LogP contribution < -0.4 is 0 Å². The van der Waals surface area contributed by atoms with Gasteiger partial charge >= 0.3 is 0 Å². The molecule has 2 heteroatoms. The average Bonchev–Trinajstić information content (AvgIpc) is 1.87. The van der Waals surface area contributed by atoms with E-state index >= 15 is 0 Å². The van der Waals surface area contributed by atoms with E-state index in [2.05, 4.69) is 43.0 Å². The first-order valence-electron chi connectivity index (χ1n) is 4.07. The van der Waals surface area contributed by atoms with E-state index in [0.29, 0.717) is 5.41 Å². The van der Waals surface area contributed by atoms with Crippen molar-refractivity contribution in [3.8, 4) is 0 Å². The number of hydrogen-bond acceptors (Lipinski definition) is 1. The highest BCUT2D eigenvalue weighted by Crippen LogP contribution is 2.30. The fraction of sp³-hybridized carbons (Fsp3) is 1.00. The molecule has 0 spiro atoms.